The third kappa shape index (κ3) is 4.05. The molecule has 108 valence electrons. The summed E-state index contributed by atoms with van der Waals surface area (Å²) in [5.41, 5.74) is 2.47. The van der Waals surface area contributed by atoms with Crippen molar-refractivity contribution in [2.75, 3.05) is 0 Å². The number of nitrogens with zero attached hydrogens (tertiary/aromatic N) is 2. The number of hydrogen-bond acceptors (Lipinski definition) is 2. The first-order chi connectivity index (χ1) is 10.1. The summed E-state index contributed by atoms with van der Waals surface area (Å²) in [6.45, 7) is 3.71. The van der Waals surface area contributed by atoms with Gasteiger partial charge in [0, 0.05) is 0 Å². The fraction of sp³-hybridized carbons (Fsp3) is 0.176. The first kappa shape index (κ1) is 15.0. The molecular weight excluding hydrogens is 270 g/mol. The minimum absolute atomic E-state index is 0.181. The van der Waals surface area contributed by atoms with Gasteiger partial charge in [0.05, 0.1) is 18.0 Å². The largest absolute Gasteiger partial charge is 0.206 e. The molecule has 0 radical (unpaired) electrons. The van der Waals surface area contributed by atoms with Gasteiger partial charge in [-0.15, -0.1) is 0 Å². The minimum Gasteiger partial charge on any atom is -0.206 e. The fourth-order valence-electron chi connectivity index (χ4n) is 1.86. The molecule has 0 saturated carbocycles. The highest BCUT2D eigenvalue weighted by Crippen LogP contribution is 2.13. The molecule has 0 heterocycles. The van der Waals surface area contributed by atoms with Crippen LogP contribution in [-0.2, 0) is 6.42 Å². The number of halogens is 2. The highest BCUT2D eigenvalue weighted by molar-refractivity contribution is 5.83. The van der Waals surface area contributed by atoms with Crippen LogP contribution >= 0.6 is 0 Å². The van der Waals surface area contributed by atoms with E-state index in [0.29, 0.717) is 5.56 Å². The van der Waals surface area contributed by atoms with Crippen molar-refractivity contribution >= 4 is 12.4 Å². The minimum atomic E-state index is -0.640. The molecule has 0 aromatic heterocycles. The molecule has 21 heavy (non-hydrogen) atoms. The lowest BCUT2D eigenvalue weighted by molar-refractivity contribution is 0.578. The Hall–Kier alpha value is -2.36. The van der Waals surface area contributed by atoms with Gasteiger partial charge in [-0.3, -0.25) is 0 Å². The average Bonchev–Trinajstić information content (AvgIpc) is 2.46. The lowest BCUT2D eigenvalue weighted by atomic mass is 10.1. The van der Waals surface area contributed by atoms with E-state index in [1.807, 2.05) is 24.3 Å². The van der Waals surface area contributed by atoms with Crippen LogP contribution in [0.5, 0.6) is 0 Å². The zero-order chi connectivity index (χ0) is 15.2. The van der Waals surface area contributed by atoms with Crippen molar-refractivity contribution in [3.63, 3.8) is 0 Å². The second-order valence-corrected chi connectivity index (χ2v) is 4.73. The standard InChI is InChI=1S/C17H16F2N2/c1-3-13-4-6-14(7-5-13)10-20-21-11-15-16(18)8-12(2)9-17(15)19/h4-11H,3H2,1-2H3. The van der Waals surface area contributed by atoms with E-state index in [9.17, 15) is 8.78 Å². The van der Waals surface area contributed by atoms with E-state index in [1.165, 1.54) is 17.7 Å². The van der Waals surface area contributed by atoms with E-state index >= 15 is 0 Å². The third-order valence-electron chi connectivity index (χ3n) is 3.07. The van der Waals surface area contributed by atoms with Crippen LogP contribution in [0.1, 0.15) is 29.2 Å². The van der Waals surface area contributed by atoms with Crippen LogP contribution in [-0.4, -0.2) is 12.4 Å². The van der Waals surface area contributed by atoms with E-state index < -0.39 is 11.6 Å². The maximum Gasteiger partial charge on any atom is 0.135 e. The van der Waals surface area contributed by atoms with Gasteiger partial charge in [-0.1, -0.05) is 31.2 Å². The maximum atomic E-state index is 13.6. The molecule has 2 aromatic carbocycles. The third-order valence-corrected chi connectivity index (χ3v) is 3.07. The van der Waals surface area contributed by atoms with Crippen LogP contribution in [0.2, 0.25) is 0 Å². The first-order valence-corrected chi connectivity index (χ1v) is 6.71. The van der Waals surface area contributed by atoms with Gasteiger partial charge in [0.1, 0.15) is 11.6 Å². The van der Waals surface area contributed by atoms with Gasteiger partial charge in [-0.25, -0.2) is 8.78 Å². The van der Waals surface area contributed by atoms with Crippen LogP contribution in [0.3, 0.4) is 0 Å². The van der Waals surface area contributed by atoms with Crippen molar-refractivity contribution in [3.05, 3.63) is 70.3 Å². The molecule has 0 N–H and O–H groups in total. The highest BCUT2D eigenvalue weighted by Gasteiger charge is 2.07. The van der Waals surface area contributed by atoms with Crippen molar-refractivity contribution in [2.45, 2.75) is 20.3 Å². The SMILES string of the molecule is CCc1ccc(C=NN=Cc2c(F)cc(C)cc2F)cc1. The smallest absolute Gasteiger partial charge is 0.135 e. The summed E-state index contributed by atoms with van der Waals surface area (Å²) in [5.74, 6) is -1.28. The van der Waals surface area contributed by atoms with E-state index in [4.69, 9.17) is 0 Å². The van der Waals surface area contributed by atoms with Crippen molar-refractivity contribution < 1.29 is 8.78 Å². The highest BCUT2D eigenvalue weighted by atomic mass is 19.1. The van der Waals surface area contributed by atoms with Gasteiger partial charge in [-0.05, 0) is 42.2 Å². The van der Waals surface area contributed by atoms with E-state index in [1.54, 1.807) is 13.1 Å². The molecule has 0 amide bonds. The fourth-order valence-corrected chi connectivity index (χ4v) is 1.86. The molecule has 2 rings (SSSR count). The van der Waals surface area contributed by atoms with Gasteiger partial charge >= 0.3 is 0 Å². The Morgan fingerprint density at radius 3 is 2.10 bits per heavy atom. The molecular formula is C17H16F2N2. The van der Waals surface area contributed by atoms with Crippen LogP contribution in [0.4, 0.5) is 8.78 Å². The molecule has 2 nitrogen and oxygen atoms in total. The molecule has 0 bridgehead atoms. The first-order valence-electron chi connectivity index (χ1n) is 6.71. The monoisotopic (exact) mass is 286 g/mol. The summed E-state index contributed by atoms with van der Waals surface area (Å²) in [6, 6.07) is 10.4. The van der Waals surface area contributed by atoms with Gasteiger partial charge < -0.3 is 0 Å². The van der Waals surface area contributed by atoms with Gasteiger partial charge in [0.2, 0.25) is 0 Å². The molecule has 0 saturated heterocycles. The Balaban J connectivity index is 2.09. The quantitative estimate of drug-likeness (QED) is 0.592. The number of aryl methyl sites for hydroxylation is 2. The summed E-state index contributed by atoms with van der Waals surface area (Å²) in [5, 5.41) is 7.50. The Labute approximate surface area is 122 Å². The normalized spacial score (nSPS) is 11.6. The van der Waals surface area contributed by atoms with Gasteiger partial charge in [0.25, 0.3) is 0 Å². The molecule has 0 atom stereocenters. The van der Waals surface area contributed by atoms with Crippen LogP contribution in [0, 0.1) is 18.6 Å². The average molecular weight is 286 g/mol. The van der Waals surface area contributed by atoms with Gasteiger partial charge in [0.15, 0.2) is 0 Å². The van der Waals surface area contributed by atoms with E-state index in [-0.39, 0.29) is 5.56 Å². The van der Waals surface area contributed by atoms with Crippen LogP contribution < -0.4 is 0 Å². The zero-order valence-electron chi connectivity index (χ0n) is 12.0. The Morgan fingerprint density at radius 2 is 1.52 bits per heavy atom. The lowest BCUT2D eigenvalue weighted by Crippen LogP contribution is -1.95. The summed E-state index contributed by atoms with van der Waals surface area (Å²) >= 11 is 0. The predicted octanol–water partition coefficient (Wildman–Crippen LogP) is 4.29. The summed E-state index contributed by atoms with van der Waals surface area (Å²) in [6.07, 6.45) is 3.60. The number of hydrogen-bond donors (Lipinski definition) is 0. The summed E-state index contributed by atoms with van der Waals surface area (Å²) in [4.78, 5) is 0. The summed E-state index contributed by atoms with van der Waals surface area (Å²) < 4.78 is 27.1. The maximum absolute atomic E-state index is 13.6. The summed E-state index contributed by atoms with van der Waals surface area (Å²) in [7, 11) is 0. The molecule has 0 spiro atoms. The molecule has 0 aliphatic heterocycles. The van der Waals surface area contributed by atoms with E-state index in [2.05, 4.69) is 17.1 Å². The second kappa shape index (κ2) is 6.88. The van der Waals surface area contributed by atoms with Crippen molar-refractivity contribution in [1.29, 1.82) is 0 Å². The molecule has 2 aromatic rings. The van der Waals surface area contributed by atoms with Crippen LogP contribution in [0.15, 0.2) is 46.6 Å². The number of rotatable bonds is 4. The van der Waals surface area contributed by atoms with Gasteiger partial charge in [-0.2, -0.15) is 10.2 Å². The molecule has 0 unspecified atom stereocenters. The van der Waals surface area contributed by atoms with Crippen molar-refractivity contribution in [1.82, 2.24) is 0 Å². The lowest BCUT2D eigenvalue weighted by Gasteiger charge is -1.99. The molecule has 0 aliphatic rings. The zero-order valence-corrected chi connectivity index (χ0v) is 12.0. The Kier molecular flexibility index (Phi) is 4.93. The van der Waals surface area contributed by atoms with Crippen molar-refractivity contribution in [2.24, 2.45) is 10.2 Å². The van der Waals surface area contributed by atoms with Crippen molar-refractivity contribution in [3.8, 4) is 0 Å². The predicted molar refractivity (Wildman–Crippen MR) is 82.1 cm³/mol. The van der Waals surface area contributed by atoms with E-state index in [0.717, 1.165) is 18.2 Å². The molecule has 0 aliphatic carbocycles. The molecule has 4 heteroatoms. The topological polar surface area (TPSA) is 24.7 Å². The Morgan fingerprint density at radius 1 is 0.952 bits per heavy atom. The number of benzene rings is 2. The Bertz CT molecular complexity index is 651. The molecule has 0 fully saturated rings. The van der Waals surface area contributed by atoms with Crippen LogP contribution in [0.25, 0.3) is 0 Å². The second-order valence-electron chi connectivity index (χ2n) is 4.73.